The van der Waals surface area contributed by atoms with Gasteiger partial charge in [-0.1, -0.05) is 18.2 Å². The topological polar surface area (TPSA) is 69.7 Å². The number of ether oxygens (including phenoxy) is 2. The molecule has 7 heteroatoms. The minimum atomic E-state index is -0.401. The number of fused-ring (bicyclic) bond motifs is 1. The van der Waals surface area contributed by atoms with Crippen molar-refractivity contribution < 1.29 is 13.9 Å². The lowest BCUT2D eigenvalue weighted by Gasteiger charge is -2.29. The molecule has 0 bridgehead atoms. The van der Waals surface area contributed by atoms with Crippen LogP contribution in [0.5, 0.6) is 11.5 Å². The maximum Gasteiger partial charge on any atom is 0.437 e. The van der Waals surface area contributed by atoms with E-state index in [1.165, 1.54) is 15.8 Å². The Morgan fingerprint density at radius 2 is 1.70 bits per heavy atom. The van der Waals surface area contributed by atoms with Gasteiger partial charge in [0.15, 0.2) is 11.5 Å². The van der Waals surface area contributed by atoms with Crippen molar-refractivity contribution in [3.05, 3.63) is 64.1 Å². The van der Waals surface area contributed by atoms with Gasteiger partial charge in [-0.2, -0.15) is 4.68 Å². The molecule has 1 aliphatic rings. The Hall–Kier alpha value is -3.06. The summed E-state index contributed by atoms with van der Waals surface area (Å²) in [5, 5.41) is 4.33. The van der Waals surface area contributed by atoms with Crippen molar-refractivity contribution in [1.29, 1.82) is 0 Å². The normalized spacial score (nSPS) is 13.8. The van der Waals surface area contributed by atoms with Crippen LogP contribution in [-0.2, 0) is 19.5 Å². The van der Waals surface area contributed by atoms with E-state index < -0.39 is 5.76 Å². The average Bonchev–Trinajstić information content (AvgIpc) is 3.16. The Morgan fingerprint density at radius 3 is 2.43 bits per heavy atom. The van der Waals surface area contributed by atoms with Crippen molar-refractivity contribution in [3.63, 3.8) is 0 Å². The molecule has 0 N–H and O–H groups in total. The van der Waals surface area contributed by atoms with Gasteiger partial charge in [-0.05, 0) is 61.2 Å². The minimum absolute atomic E-state index is 0.373. The molecular formula is C23H27N3O4. The van der Waals surface area contributed by atoms with E-state index in [9.17, 15) is 4.79 Å². The monoisotopic (exact) mass is 409 g/mol. The van der Waals surface area contributed by atoms with Gasteiger partial charge in [0.05, 0.1) is 14.2 Å². The van der Waals surface area contributed by atoms with Crippen molar-refractivity contribution in [2.75, 3.05) is 27.3 Å². The van der Waals surface area contributed by atoms with Crippen LogP contribution in [-0.4, -0.2) is 42.0 Å². The van der Waals surface area contributed by atoms with E-state index in [-0.39, 0.29) is 0 Å². The molecule has 30 heavy (non-hydrogen) atoms. The number of hydrogen-bond donors (Lipinski definition) is 0. The van der Waals surface area contributed by atoms with Crippen LogP contribution in [0.25, 0.3) is 11.5 Å². The highest BCUT2D eigenvalue weighted by molar-refractivity contribution is 5.51. The van der Waals surface area contributed by atoms with Crippen LogP contribution in [0, 0.1) is 0 Å². The molecule has 0 fully saturated rings. The average molecular weight is 409 g/mol. The molecule has 0 saturated heterocycles. The van der Waals surface area contributed by atoms with Crippen molar-refractivity contribution in [3.8, 4) is 23.0 Å². The van der Waals surface area contributed by atoms with Crippen LogP contribution < -0.4 is 15.2 Å². The molecule has 0 unspecified atom stereocenters. The van der Waals surface area contributed by atoms with Crippen molar-refractivity contribution in [1.82, 2.24) is 14.7 Å². The quantitative estimate of drug-likeness (QED) is 0.532. The van der Waals surface area contributed by atoms with Gasteiger partial charge >= 0.3 is 5.76 Å². The summed E-state index contributed by atoms with van der Waals surface area (Å²) >= 11 is 0. The Morgan fingerprint density at radius 1 is 1.00 bits per heavy atom. The number of aromatic nitrogens is 2. The summed E-state index contributed by atoms with van der Waals surface area (Å²) in [4.78, 5) is 14.5. The summed E-state index contributed by atoms with van der Waals surface area (Å²) in [5.41, 5.74) is 3.43. The summed E-state index contributed by atoms with van der Waals surface area (Å²) in [7, 11) is 3.34. The second-order valence-corrected chi connectivity index (χ2v) is 7.47. The zero-order valence-corrected chi connectivity index (χ0v) is 17.5. The first-order valence-electron chi connectivity index (χ1n) is 10.3. The third-order valence-electron chi connectivity index (χ3n) is 5.52. The molecule has 0 saturated carbocycles. The minimum Gasteiger partial charge on any atom is -0.493 e. The fourth-order valence-corrected chi connectivity index (χ4v) is 3.87. The molecule has 1 aromatic heterocycles. The molecule has 158 valence electrons. The van der Waals surface area contributed by atoms with Gasteiger partial charge < -0.3 is 13.9 Å². The lowest BCUT2D eigenvalue weighted by Crippen LogP contribution is -2.31. The van der Waals surface area contributed by atoms with Gasteiger partial charge in [0.2, 0.25) is 5.89 Å². The van der Waals surface area contributed by atoms with Crippen LogP contribution in [0.2, 0.25) is 0 Å². The molecule has 0 radical (unpaired) electrons. The Labute approximate surface area is 175 Å². The first-order chi connectivity index (χ1) is 14.7. The molecule has 0 amide bonds. The first-order valence-corrected chi connectivity index (χ1v) is 10.3. The van der Waals surface area contributed by atoms with Crippen molar-refractivity contribution in [2.24, 2.45) is 0 Å². The Balaban J connectivity index is 1.30. The standard InChI is InChI=1S/C23H27N3O4/c1-28-20-14-18-10-13-25(16-19(18)15-21(20)29-2)11-6-7-12-26-23(27)30-22(24-26)17-8-4-3-5-9-17/h3-5,8-9,14-15H,6-7,10-13,16H2,1-2H3. The molecule has 3 aromatic rings. The summed E-state index contributed by atoms with van der Waals surface area (Å²) in [6, 6.07) is 13.7. The SMILES string of the molecule is COc1cc2c(cc1OC)CN(CCCCn1nc(-c3ccccc3)oc1=O)CC2. The second kappa shape index (κ2) is 9.17. The maximum atomic E-state index is 12.1. The third kappa shape index (κ3) is 4.41. The summed E-state index contributed by atoms with van der Waals surface area (Å²) in [6.07, 6.45) is 2.86. The zero-order valence-electron chi connectivity index (χ0n) is 17.5. The molecule has 2 aromatic carbocycles. The molecule has 4 rings (SSSR count). The number of unbranched alkanes of at least 4 members (excludes halogenated alkanes) is 1. The van der Waals surface area contributed by atoms with E-state index in [0.717, 1.165) is 56.0 Å². The number of benzene rings is 2. The second-order valence-electron chi connectivity index (χ2n) is 7.47. The van der Waals surface area contributed by atoms with E-state index >= 15 is 0 Å². The number of nitrogens with zero attached hydrogens (tertiary/aromatic N) is 3. The maximum absolute atomic E-state index is 12.1. The molecule has 0 atom stereocenters. The number of hydrogen-bond acceptors (Lipinski definition) is 6. The third-order valence-corrected chi connectivity index (χ3v) is 5.52. The predicted octanol–water partition coefficient (Wildman–Crippen LogP) is 3.36. The first kappa shape index (κ1) is 20.2. The molecular weight excluding hydrogens is 382 g/mol. The fourth-order valence-electron chi connectivity index (χ4n) is 3.87. The summed E-state index contributed by atoms with van der Waals surface area (Å²) in [6.45, 7) is 3.46. The van der Waals surface area contributed by atoms with Crippen molar-refractivity contribution >= 4 is 0 Å². The molecule has 1 aliphatic heterocycles. The van der Waals surface area contributed by atoms with Crippen LogP contribution >= 0.6 is 0 Å². The molecule has 7 nitrogen and oxygen atoms in total. The lowest BCUT2D eigenvalue weighted by molar-refractivity contribution is 0.245. The highest BCUT2D eigenvalue weighted by Gasteiger charge is 2.19. The van der Waals surface area contributed by atoms with E-state index in [2.05, 4.69) is 22.1 Å². The van der Waals surface area contributed by atoms with Crippen LogP contribution in [0.4, 0.5) is 0 Å². The molecule has 0 aliphatic carbocycles. The van der Waals surface area contributed by atoms with Gasteiger partial charge in [0.1, 0.15) is 0 Å². The summed E-state index contributed by atoms with van der Waals surface area (Å²) in [5.74, 6) is 1.54. The smallest absolute Gasteiger partial charge is 0.437 e. The lowest BCUT2D eigenvalue weighted by atomic mass is 9.98. The van der Waals surface area contributed by atoms with Gasteiger partial charge in [-0.3, -0.25) is 4.90 Å². The number of rotatable bonds is 8. The molecule has 2 heterocycles. The largest absolute Gasteiger partial charge is 0.493 e. The van der Waals surface area contributed by atoms with E-state index in [0.29, 0.717) is 12.4 Å². The highest BCUT2D eigenvalue weighted by atomic mass is 16.5. The van der Waals surface area contributed by atoms with E-state index in [1.807, 2.05) is 30.3 Å². The van der Waals surface area contributed by atoms with Crippen LogP contribution in [0.15, 0.2) is 51.7 Å². The van der Waals surface area contributed by atoms with Gasteiger partial charge in [0.25, 0.3) is 0 Å². The van der Waals surface area contributed by atoms with Gasteiger partial charge in [0, 0.05) is 25.2 Å². The van der Waals surface area contributed by atoms with Crippen LogP contribution in [0.3, 0.4) is 0 Å². The predicted molar refractivity (Wildman–Crippen MR) is 114 cm³/mol. The Kier molecular flexibility index (Phi) is 6.18. The van der Waals surface area contributed by atoms with Gasteiger partial charge in [-0.15, -0.1) is 5.10 Å². The van der Waals surface area contributed by atoms with E-state index in [4.69, 9.17) is 13.9 Å². The highest BCUT2D eigenvalue weighted by Crippen LogP contribution is 2.33. The van der Waals surface area contributed by atoms with E-state index in [1.54, 1.807) is 14.2 Å². The number of methoxy groups -OCH3 is 2. The molecule has 0 spiro atoms. The van der Waals surface area contributed by atoms with Gasteiger partial charge in [-0.25, -0.2) is 4.79 Å². The fraction of sp³-hybridized carbons (Fsp3) is 0.391. The summed E-state index contributed by atoms with van der Waals surface area (Å²) < 4.78 is 17.6. The number of aryl methyl sites for hydroxylation is 1. The van der Waals surface area contributed by atoms with Crippen molar-refractivity contribution in [2.45, 2.75) is 32.4 Å². The Bertz CT molecular complexity index is 1040. The zero-order chi connectivity index (χ0) is 20.9. The van der Waals surface area contributed by atoms with Crippen LogP contribution in [0.1, 0.15) is 24.0 Å².